The molecular weight excluding hydrogens is 286 g/mol. The lowest BCUT2D eigenvalue weighted by molar-refractivity contribution is -0.121. The summed E-state index contributed by atoms with van der Waals surface area (Å²) in [6, 6.07) is 13.8. The van der Waals surface area contributed by atoms with Crippen LogP contribution >= 0.6 is 0 Å². The van der Waals surface area contributed by atoms with Crippen molar-refractivity contribution in [3.05, 3.63) is 70.3 Å². The number of nitrogens with one attached hydrogen (secondary N) is 1. The zero-order chi connectivity index (χ0) is 16.8. The maximum atomic E-state index is 12.4. The van der Waals surface area contributed by atoms with Crippen LogP contribution in [0.15, 0.2) is 42.5 Å². The average Bonchev–Trinajstić information content (AvgIpc) is 2.51. The molecule has 0 fully saturated rings. The first-order chi connectivity index (χ1) is 11.0. The second kappa shape index (κ2) is 7.73. The van der Waals surface area contributed by atoms with E-state index in [2.05, 4.69) is 5.32 Å². The Morgan fingerprint density at radius 3 is 2.13 bits per heavy atom. The van der Waals surface area contributed by atoms with E-state index in [1.54, 1.807) is 0 Å². The zero-order valence-electron chi connectivity index (χ0n) is 14.0. The summed E-state index contributed by atoms with van der Waals surface area (Å²) < 4.78 is 0. The molecule has 3 nitrogen and oxygen atoms in total. The zero-order valence-corrected chi connectivity index (χ0v) is 14.0. The molecule has 23 heavy (non-hydrogen) atoms. The van der Waals surface area contributed by atoms with E-state index >= 15 is 0 Å². The van der Waals surface area contributed by atoms with Crippen LogP contribution in [0.2, 0.25) is 0 Å². The van der Waals surface area contributed by atoms with Gasteiger partial charge in [0, 0.05) is 24.9 Å². The molecule has 0 radical (unpaired) electrons. The molecule has 0 aliphatic carbocycles. The van der Waals surface area contributed by atoms with Crippen LogP contribution in [0.5, 0.6) is 0 Å². The number of ketones is 1. The van der Waals surface area contributed by atoms with E-state index in [-0.39, 0.29) is 24.5 Å². The van der Waals surface area contributed by atoms with E-state index in [1.807, 2.05) is 63.2 Å². The summed E-state index contributed by atoms with van der Waals surface area (Å²) in [7, 11) is 0. The first-order valence-electron chi connectivity index (χ1n) is 7.89. The van der Waals surface area contributed by atoms with Gasteiger partial charge < -0.3 is 5.32 Å². The standard InChI is InChI=1S/C20H23NO2/c1-14-11-15(2)20(16(3)12-14)18(22)9-10-19(23)21-13-17-7-5-4-6-8-17/h4-8,11-12H,9-10,13H2,1-3H3,(H,21,23). The minimum absolute atomic E-state index is 0.0369. The van der Waals surface area contributed by atoms with Crippen molar-refractivity contribution in [2.24, 2.45) is 0 Å². The Morgan fingerprint density at radius 1 is 0.913 bits per heavy atom. The monoisotopic (exact) mass is 309 g/mol. The molecule has 0 unspecified atom stereocenters. The SMILES string of the molecule is Cc1cc(C)c(C(=O)CCC(=O)NCc2ccccc2)c(C)c1. The predicted octanol–water partition coefficient (Wildman–Crippen LogP) is 3.89. The molecule has 0 saturated carbocycles. The summed E-state index contributed by atoms with van der Waals surface area (Å²) in [4.78, 5) is 24.3. The highest BCUT2D eigenvalue weighted by molar-refractivity contribution is 6.00. The van der Waals surface area contributed by atoms with E-state index < -0.39 is 0 Å². The molecule has 0 aliphatic heterocycles. The van der Waals surface area contributed by atoms with E-state index in [1.165, 1.54) is 0 Å². The van der Waals surface area contributed by atoms with Crippen LogP contribution in [0.3, 0.4) is 0 Å². The number of benzene rings is 2. The number of hydrogen-bond donors (Lipinski definition) is 1. The van der Waals surface area contributed by atoms with E-state index in [9.17, 15) is 9.59 Å². The molecule has 1 N–H and O–H groups in total. The van der Waals surface area contributed by atoms with Gasteiger partial charge in [-0.25, -0.2) is 0 Å². The number of rotatable bonds is 6. The topological polar surface area (TPSA) is 46.2 Å². The van der Waals surface area contributed by atoms with Crippen LogP contribution in [0.25, 0.3) is 0 Å². The first kappa shape index (κ1) is 16.9. The van der Waals surface area contributed by atoms with Crippen molar-refractivity contribution in [3.8, 4) is 0 Å². The lowest BCUT2D eigenvalue weighted by Gasteiger charge is -2.10. The Morgan fingerprint density at radius 2 is 1.52 bits per heavy atom. The number of aryl methyl sites for hydroxylation is 3. The van der Waals surface area contributed by atoms with Crippen molar-refractivity contribution in [2.45, 2.75) is 40.2 Å². The van der Waals surface area contributed by atoms with Crippen LogP contribution < -0.4 is 5.32 Å². The molecule has 2 aromatic rings. The maximum absolute atomic E-state index is 12.4. The summed E-state index contributed by atoms with van der Waals surface area (Å²) in [5.74, 6) is -0.0560. The van der Waals surface area contributed by atoms with Gasteiger partial charge >= 0.3 is 0 Å². The Hall–Kier alpha value is -2.42. The second-order valence-corrected chi connectivity index (χ2v) is 5.96. The van der Waals surface area contributed by atoms with Crippen LogP contribution in [0.4, 0.5) is 0 Å². The third-order valence-electron chi connectivity index (χ3n) is 3.87. The Labute approximate surface area is 137 Å². The smallest absolute Gasteiger partial charge is 0.220 e. The molecule has 0 saturated heterocycles. The molecule has 0 heterocycles. The van der Waals surface area contributed by atoms with Gasteiger partial charge in [0.1, 0.15) is 0 Å². The molecule has 0 atom stereocenters. The fraction of sp³-hybridized carbons (Fsp3) is 0.300. The fourth-order valence-electron chi connectivity index (χ4n) is 2.86. The molecule has 0 aromatic heterocycles. The lowest BCUT2D eigenvalue weighted by atomic mass is 9.94. The molecule has 0 aliphatic rings. The van der Waals surface area contributed by atoms with Crippen LogP contribution in [0.1, 0.15) is 45.5 Å². The molecule has 3 heteroatoms. The number of carbonyl (C=O) groups excluding carboxylic acids is 2. The average molecular weight is 309 g/mol. The van der Waals surface area contributed by atoms with Crippen molar-refractivity contribution in [3.63, 3.8) is 0 Å². The minimum Gasteiger partial charge on any atom is -0.352 e. The highest BCUT2D eigenvalue weighted by atomic mass is 16.2. The van der Waals surface area contributed by atoms with Gasteiger partial charge in [0.15, 0.2) is 5.78 Å². The van der Waals surface area contributed by atoms with Gasteiger partial charge in [-0.05, 0) is 37.5 Å². The summed E-state index contributed by atoms with van der Waals surface area (Å²) in [5, 5.41) is 2.85. The normalized spacial score (nSPS) is 10.4. The molecule has 2 rings (SSSR count). The van der Waals surface area contributed by atoms with Gasteiger partial charge in [0.25, 0.3) is 0 Å². The molecule has 0 bridgehead atoms. The Kier molecular flexibility index (Phi) is 5.69. The summed E-state index contributed by atoms with van der Waals surface area (Å²) in [6.45, 7) is 6.41. The predicted molar refractivity (Wildman–Crippen MR) is 92.5 cm³/mol. The first-order valence-corrected chi connectivity index (χ1v) is 7.89. The Balaban J connectivity index is 1.88. The van der Waals surface area contributed by atoms with Crippen molar-refractivity contribution >= 4 is 11.7 Å². The summed E-state index contributed by atoms with van der Waals surface area (Å²) >= 11 is 0. The number of hydrogen-bond acceptors (Lipinski definition) is 2. The largest absolute Gasteiger partial charge is 0.352 e. The van der Waals surface area contributed by atoms with E-state index in [0.29, 0.717) is 6.54 Å². The molecular formula is C20H23NO2. The number of carbonyl (C=O) groups is 2. The lowest BCUT2D eigenvalue weighted by Crippen LogP contribution is -2.23. The quantitative estimate of drug-likeness (QED) is 0.823. The maximum Gasteiger partial charge on any atom is 0.220 e. The van der Waals surface area contributed by atoms with Gasteiger partial charge in [0.05, 0.1) is 0 Å². The highest BCUT2D eigenvalue weighted by Crippen LogP contribution is 2.18. The van der Waals surface area contributed by atoms with Gasteiger partial charge in [-0.15, -0.1) is 0 Å². The summed E-state index contributed by atoms with van der Waals surface area (Å²) in [6.07, 6.45) is 0.462. The molecule has 2 aromatic carbocycles. The van der Waals surface area contributed by atoms with E-state index in [4.69, 9.17) is 0 Å². The van der Waals surface area contributed by atoms with Gasteiger partial charge in [-0.3, -0.25) is 9.59 Å². The van der Waals surface area contributed by atoms with Crippen LogP contribution in [-0.2, 0) is 11.3 Å². The van der Waals surface area contributed by atoms with Gasteiger partial charge in [0.2, 0.25) is 5.91 Å². The van der Waals surface area contributed by atoms with E-state index in [0.717, 1.165) is 27.8 Å². The minimum atomic E-state index is -0.0929. The molecule has 0 spiro atoms. The van der Waals surface area contributed by atoms with Crippen molar-refractivity contribution in [1.29, 1.82) is 0 Å². The third kappa shape index (κ3) is 4.78. The fourth-order valence-corrected chi connectivity index (χ4v) is 2.86. The van der Waals surface area contributed by atoms with Crippen LogP contribution in [0, 0.1) is 20.8 Å². The number of Topliss-reactive ketones (excluding diaryl/α,β-unsaturated/α-hetero) is 1. The number of amides is 1. The molecule has 1 amide bonds. The second-order valence-electron chi connectivity index (χ2n) is 5.96. The van der Waals surface area contributed by atoms with Crippen molar-refractivity contribution in [2.75, 3.05) is 0 Å². The van der Waals surface area contributed by atoms with Crippen LogP contribution in [-0.4, -0.2) is 11.7 Å². The summed E-state index contributed by atoms with van der Waals surface area (Å²) in [5.41, 5.74) is 4.93. The van der Waals surface area contributed by atoms with Crippen molar-refractivity contribution in [1.82, 2.24) is 5.32 Å². The Bertz CT molecular complexity index is 682. The van der Waals surface area contributed by atoms with Gasteiger partial charge in [-0.2, -0.15) is 0 Å². The highest BCUT2D eigenvalue weighted by Gasteiger charge is 2.14. The third-order valence-corrected chi connectivity index (χ3v) is 3.87. The molecule has 120 valence electrons. The van der Waals surface area contributed by atoms with Crippen molar-refractivity contribution < 1.29 is 9.59 Å². The van der Waals surface area contributed by atoms with Gasteiger partial charge in [-0.1, -0.05) is 48.0 Å².